The quantitative estimate of drug-likeness (QED) is 0.768. The van der Waals surface area contributed by atoms with Gasteiger partial charge in [-0.2, -0.15) is 0 Å². The molecule has 3 N–H and O–H groups in total. The Morgan fingerprint density at radius 2 is 1.55 bits per heavy atom. The SMILES string of the molecule is CNCc1ccc(NC(=O)NCc2ccc(OC)cc2)cc1. The summed E-state index contributed by atoms with van der Waals surface area (Å²) >= 11 is 0. The lowest BCUT2D eigenvalue weighted by Gasteiger charge is -2.09. The molecule has 2 rings (SSSR count). The Labute approximate surface area is 130 Å². The third-order valence-corrected chi connectivity index (χ3v) is 3.20. The van der Waals surface area contributed by atoms with Crippen LogP contribution in [0.1, 0.15) is 11.1 Å². The van der Waals surface area contributed by atoms with Crippen LogP contribution in [0.4, 0.5) is 10.5 Å². The molecule has 0 aliphatic carbocycles. The highest BCUT2D eigenvalue weighted by atomic mass is 16.5. The fourth-order valence-corrected chi connectivity index (χ4v) is 2.01. The number of hydrogen-bond acceptors (Lipinski definition) is 3. The van der Waals surface area contributed by atoms with Crippen LogP contribution in [0, 0.1) is 0 Å². The van der Waals surface area contributed by atoms with E-state index in [0.717, 1.165) is 23.5 Å². The van der Waals surface area contributed by atoms with Gasteiger partial charge < -0.3 is 20.7 Å². The summed E-state index contributed by atoms with van der Waals surface area (Å²) in [7, 11) is 3.53. The van der Waals surface area contributed by atoms with Crippen molar-refractivity contribution in [3.8, 4) is 5.75 Å². The van der Waals surface area contributed by atoms with Crippen LogP contribution in [0.2, 0.25) is 0 Å². The van der Waals surface area contributed by atoms with E-state index in [4.69, 9.17) is 4.74 Å². The summed E-state index contributed by atoms with van der Waals surface area (Å²) in [5.74, 6) is 0.801. The average Bonchev–Trinajstić information content (AvgIpc) is 2.55. The normalized spacial score (nSPS) is 10.1. The second-order valence-corrected chi connectivity index (χ2v) is 4.88. The number of hydrogen-bond donors (Lipinski definition) is 3. The molecule has 0 bridgehead atoms. The predicted octanol–water partition coefficient (Wildman–Crippen LogP) is 2.74. The Hall–Kier alpha value is -2.53. The lowest BCUT2D eigenvalue weighted by atomic mass is 10.2. The van der Waals surface area contributed by atoms with Gasteiger partial charge in [0.2, 0.25) is 0 Å². The summed E-state index contributed by atoms with van der Waals surface area (Å²) in [4.78, 5) is 11.9. The van der Waals surface area contributed by atoms with Gasteiger partial charge in [-0.25, -0.2) is 4.79 Å². The molecule has 116 valence electrons. The zero-order chi connectivity index (χ0) is 15.8. The van der Waals surface area contributed by atoms with Gasteiger partial charge in [-0.1, -0.05) is 24.3 Å². The second kappa shape index (κ2) is 8.05. The molecule has 0 aliphatic heterocycles. The zero-order valence-corrected chi connectivity index (χ0v) is 12.8. The van der Waals surface area contributed by atoms with E-state index in [0.29, 0.717) is 6.54 Å². The first-order chi connectivity index (χ1) is 10.7. The first-order valence-electron chi connectivity index (χ1n) is 7.12. The van der Waals surface area contributed by atoms with Gasteiger partial charge in [0, 0.05) is 18.8 Å². The Kier molecular flexibility index (Phi) is 5.80. The molecular formula is C17H21N3O2. The Bertz CT molecular complexity index is 594. The molecule has 0 atom stereocenters. The van der Waals surface area contributed by atoms with Crippen molar-refractivity contribution in [2.45, 2.75) is 13.1 Å². The van der Waals surface area contributed by atoms with Gasteiger partial charge in [0.25, 0.3) is 0 Å². The van der Waals surface area contributed by atoms with Gasteiger partial charge >= 0.3 is 6.03 Å². The minimum atomic E-state index is -0.225. The second-order valence-electron chi connectivity index (χ2n) is 4.88. The Morgan fingerprint density at radius 3 is 2.14 bits per heavy atom. The monoisotopic (exact) mass is 299 g/mol. The third-order valence-electron chi connectivity index (χ3n) is 3.20. The number of benzene rings is 2. The van der Waals surface area contributed by atoms with E-state index < -0.39 is 0 Å². The van der Waals surface area contributed by atoms with Gasteiger partial charge in [0.05, 0.1) is 7.11 Å². The number of amides is 2. The summed E-state index contributed by atoms with van der Waals surface area (Å²) in [5.41, 5.74) is 2.96. The molecule has 5 heteroatoms. The van der Waals surface area contributed by atoms with Crippen LogP contribution in [-0.2, 0) is 13.1 Å². The molecule has 0 fully saturated rings. The van der Waals surface area contributed by atoms with Gasteiger partial charge in [-0.15, -0.1) is 0 Å². The Morgan fingerprint density at radius 1 is 0.955 bits per heavy atom. The van der Waals surface area contributed by atoms with E-state index in [1.807, 2.05) is 55.6 Å². The van der Waals surface area contributed by atoms with E-state index >= 15 is 0 Å². The number of anilines is 1. The van der Waals surface area contributed by atoms with Crippen LogP contribution in [-0.4, -0.2) is 20.2 Å². The van der Waals surface area contributed by atoms with Crippen molar-refractivity contribution in [2.24, 2.45) is 0 Å². The standard InChI is InChI=1S/C17H21N3O2/c1-18-11-13-3-7-15(8-4-13)20-17(21)19-12-14-5-9-16(22-2)10-6-14/h3-10,18H,11-12H2,1-2H3,(H2,19,20,21). The number of rotatable bonds is 6. The molecule has 2 aromatic carbocycles. The summed E-state index contributed by atoms with van der Waals surface area (Å²) in [6, 6.07) is 15.1. The van der Waals surface area contributed by atoms with E-state index in [9.17, 15) is 4.79 Å². The lowest BCUT2D eigenvalue weighted by molar-refractivity contribution is 0.251. The third kappa shape index (κ3) is 4.79. The molecule has 0 aromatic heterocycles. The van der Waals surface area contributed by atoms with Crippen molar-refractivity contribution in [2.75, 3.05) is 19.5 Å². The topological polar surface area (TPSA) is 62.4 Å². The maximum absolute atomic E-state index is 11.9. The van der Waals surface area contributed by atoms with Crippen LogP contribution in [0.15, 0.2) is 48.5 Å². The maximum Gasteiger partial charge on any atom is 0.319 e. The van der Waals surface area contributed by atoms with E-state index in [2.05, 4.69) is 16.0 Å². The largest absolute Gasteiger partial charge is 0.497 e. The molecule has 0 aliphatic rings. The summed E-state index contributed by atoms with van der Waals surface area (Å²) in [6.45, 7) is 1.28. The molecular weight excluding hydrogens is 278 g/mol. The number of carbonyl (C=O) groups excluding carboxylic acids is 1. The van der Waals surface area contributed by atoms with Crippen molar-refractivity contribution in [1.29, 1.82) is 0 Å². The number of urea groups is 1. The molecule has 0 saturated carbocycles. The van der Waals surface area contributed by atoms with Crippen LogP contribution in [0.25, 0.3) is 0 Å². The van der Waals surface area contributed by atoms with Crippen molar-refractivity contribution in [3.05, 3.63) is 59.7 Å². The number of ether oxygens (including phenoxy) is 1. The van der Waals surface area contributed by atoms with Crippen molar-refractivity contribution >= 4 is 11.7 Å². The first kappa shape index (κ1) is 15.9. The molecule has 5 nitrogen and oxygen atoms in total. The fraction of sp³-hybridized carbons (Fsp3) is 0.235. The predicted molar refractivity (Wildman–Crippen MR) is 88.1 cm³/mol. The highest BCUT2D eigenvalue weighted by Crippen LogP contribution is 2.11. The molecule has 0 radical (unpaired) electrons. The summed E-state index contributed by atoms with van der Waals surface area (Å²) in [6.07, 6.45) is 0. The van der Waals surface area contributed by atoms with E-state index in [-0.39, 0.29) is 6.03 Å². The molecule has 2 amide bonds. The molecule has 2 aromatic rings. The van der Waals surface area contributed by atoms with Gasteiger partial charge in [0.15, 0.2) is 0 Å². The minimum Gasteiger partial charge on any atom is -0.497 e. The number of carbonyl (C=O) groups is 1. The first-order valence-corrected chi connectivity index (χ1v) is 7.12. The molecule has 0 spiro atoms. The highest BCUT2D eigenvalue weighted by molar-refractivity contribution is 5.89. The minimum absolute atomic E-state index is 0.225. The van der Waals surface area contributed by atoms with Crippen LogP contribution in [0.5, 0.6) is 5.75 Å². The van der Waals surface area contributed by atoms with Gasteiger partial charge in [-0.05, 0) is 42.4 Å². The van der Waals surface area contributed by atoms with Gasteiger partial charge in [-0.3, -0.25) is 0 Å². The van der Waals surface area contributed by atoms with Crippen molar-refractivity contribution < 1.29 is 9.53 Å². The fourth-order valence-electron chi connectivity index (χ4n) is 2.01. The van der Waals surface area contributed by atoms with Crippen LogP contribution in [0.3, 0.4) is 0 Å². The maximum atomic E-state index is 11.9. The van der Waals surface area contributed by atoms with Crippen LogP contribution >= 0.6 is 0 Å². The van der Waals surface area contributed by atoms with Crippen molar-refractivity contribution in [3.63, 3.8) is 0 Å². The van der Waals surface area contributed by atoms with Gasteiger partial charge in [0.1, 0.15) is 5.75 Å². The molecule has 0 saturated heterocycles. The summed E-state index contributed by atoms with van der Waals surface area (Å²) < 4.78 is 5.10. The number of methoxy groups -OCH3 is 1. The van der Waals surface area contributed by atoms with E-state index in [1.165, 1.54) is 5.56 Å². The smallest absolute Gasteiger partial charge is 0.319 e. The Balaban J connectivity index is 1.81. The average molecular weight is 299 g/mol. The highest BCUT2D eigenvalue weighted by Gasteiger charge is 2.02. The number of nitrogens with one attached hydrogen (secondary N) is 3. The molecule has 22 heavy (non-hydrogen) atoms. The molecule has 0 heterocycles. The van der Waals surface area contributed by atoms with Crippen LogP contribution < -0.4 is 20.7 Å². The molecule has 0 unspecified atom stereocenters. The van der Waals surface area contributed by atoms with E-state index in [1.54, 1.807) is 7.11 Å². The lowest BCUT2D eigenvalue weighted by Crippen LogP contribution is -2.28. The van der Waals surface area contributed by atoms with Crippen molar-refractivity contribution in [1.82, 2.24) is 10.6 Å². The zero-order valence-electron chi connectivity index (χ0n) is 12.8. The summed E-state index contributed by atoms with van der Waals surface area (Å²) in [5, 5.41) is 8.71.